The van der Waals surface area contributed by atoms with Crippen LogP contribution in [0.25, 0.3) is 0 Å². The highest BCUT2D eigenvalue weighted by Crippen LogP contribution is 2.41. The maximum Gasteiger partial charge on any atom is 0.264 e. The maximum absolute atomic E-state index is 13.2. The average Bonchev–Trinajstić information content (AvgIpc) is 3.04. The normalized spacial score (nSPS) is 13.7. The SMILES string of the molecule is CC(C)(C)c1cc2c(cc1SC#N)CCN2S(=O)(=O)c1ccc(C#N)cc1. The van der Waals surface area contributed by atoms with E-state index in [2.05, 4.69) is 5.40 Å². The zero-order valence-corrected chi connectivity index (χ0v) is 17.0. The highest BCUT2D eigenvalue weighted by molar-refractivity contribution is 8.03. The summed E-state index contributed by atoms with van der Waals surface area (Å²) in [6.45, 7) is 6.50. The van der Waals surface area contributed by atoms with Gasteiger partial charge >= 0.3 is 0 Å². The van der Waals surface area contributed by atoms with Gasteiger partial charge in [0.05, 0.1) is 22.2 Å². The van der Waals surface area contributed by atoms with Gasteiger partial charge in [0.15, 0.2) is 0 Å². The van der Waals surface area contributed by atoms with Crippen molar-refractivity contribution in [3.05, 3.63) is 53.1 Å². The molecule has 0 saturated heterocycles. The lowest BCUT2D eigenvalue weighted by molar-refractivity contribution is 0.577. The first-order valence-corrected chi connectivity index (χ1v) is 10.7. The highest BCUT2D eigenvalue weighted by Gasteiger charge is 2.33. The second-order valence-electron chi connectivity index (χ2n) is 7.38. The summed E-state index contributed by atoms with van der Waals surface area (Å²) < 4.78 is 27.7. The Labute approximate surface area is 164 Å². The summed E-state index contributed by atoms with van der Waals surface area (Å²) in [7, 11) is -3.71. The van der Waals surface area contributed by atoms with Crippen molar-refractivity contribution in [3.63, 3.8) is 0 Å². The number of hydrogen-bond acceptors (Lipinski definition) is 5. The van der Waals surface area contributed by atoms with Crippen molar-refractivity contribution in [2.45, 2.75) is 42.4 Å². The molecule has 2 aromatic rings. The summed E-state index contributed by atoms with van der Waals surface area (Å²) >= 11 is 1.11. The summed E-state index contributed by atoms with van der Waals surface area (Å²) in [6.07, 6.45) is 0.605. The van der Waals surface area contributed by atoms with Gasteiger partial charge in [0.2, 0.25) is 0 Å². The standard InChI is InChI=1S/C20H19N3O2S2/c1-20(2,3)17-11-18-15(10-19(17)26-13-22)8-9-23(18)27(24,25)16-6-4-14(12-21)5-7-16/h4-7,10-11H,8-9H2,1-3H3. The fourth-order valence-electron chi connectivity index (χ4n) is 3.18. The van der Waals surface area contributed by atoms with Gasteiger partial charge < -0.3 is 0 Å². The van der Waals surface area contributed by atoms with Crippen LogP contribution in [0.3, 0.4) is 0 Å². The lowest BCUT2D eigenvalue weighted by Crippen LogP contribution is -2.29. The van der Waals surface area contributed by atoms with Crippen molar-refractivity contribution in [1.82, 2.24) is 0 Å². The van der Waals surface area contributed by atoms with Gasteiger partial charge in [-0.05, 0) is 71.1 Å². The van der Waals surface area contributed by atoms with Crippen LogP contribution in [-0.2, 0) is 21.9 Å². The van der Waals surface area contributed by atoms with E-state index in [-0.39, 0.29) is 10.3 Å². The zero-order valence-electron chi connectivity index (χ0n) is 15.4. The van der Waals surface area contributed by atoms with Gasteiger partial charge in [-0.3, -0.25) is 4.31 Å². The number of rotatable bonds is 3. The largest absolute Gasteiger partial charge is 0.266 e. The molecule has 1 heterocycles. The van der Waals surface area contributed by atoms with E-state index >= 15 is 0 Å². The molecule has 5 nitrogen and oxygen atoms in total. The van der Waals surface area contributed by atoms with E-state index in [4.69, 9.17) is 10.5 Å². The van der Waals surface area contributed by atoms with Crippen molar-refractivity contribution >= 4 is 27.5 Å². The molecule has 0 spiro atoms. The molecule has 0 radical (unpaired) electrons. The first-order chi connectivity index (χ1) is 12.7. The number of sulfonamides is 1. The first kappa shape index (κ1) is 19.3. The molecule has 1 aliphatic heterocycles. The predicted molar refractivity (Wildman–Crippen MR) is 106 cm³/mol. The average molecular weight is 398 g/mol. The number of thiocyanates is 1. The number of hydrogen-bond donors (Lipinski definition) is 0. The predicted octanol–water partition coefficient (Wildman–Crippen LogP) is 4.18. The maximum atomic E-state index is 13.2. The fraction of sp³-hybridized carbons (Fsp3) is 0.300. The van der Waals surface area contributed by atoms with Crippen molar-refractivity contribution < 1.29 is 8.42 Å². The van der Waals surface area contributed by atoms with E-state index in [0.717, 1.165) is 27.8 Å². The van der Waals surface area contributed by atoms with E-state index in [1.807, 2.05) is 39.0 Å². The third kappa shape index (κ3) is 3.53. The molecule has 138 valence electrons. The summed E-state index contributed by atoms with van der Waals surface area (Å²) in [4.78, 5) is 1.04. The van der Waals surface area contributed by atoms with Crippen LogP contribution < -0.4 is 4.31 Å². The van der Waals surface area contributed by atoms with Crippen LogP contribution in [0.1, 0.15) is 37.5 Å². The number of nitriles is 2. The number of fused-ring (bicyclic) bond motifs is 1. The molecule has 3 rings (SSSR count). The highest BCUT2D eigenvalue weighted by atomic mass is 32.2. The van der Waals surface area contributed by atoms with Gasteiger partial charge in [-0.15, -0.1) is 0 Å². The van der Waals surface area contributed by atoms with Crippen molar-refractivity contribution in [3.8, 4) is 11.5 Å². The topological polar surface area (TPSA) is 85.0 Å². The van der Waals surface area contributed by atoms with Crippen molar-refractivity contribution in [2.75, 3.05) is 10.8 Å². The lowest BCUT2D eigenvalue weighted by atomic mass is 9.86. The molecule has 7 heteroatoms. The number of nitrogens with zero attached hydrogens (tertiary/aromatic N) is 3. The quantitative estimate of drug-likeness (QED) is 0.573. The molecule has 0 bridgehead atoms. The van der Waals surface area contributed by atoms with Crippen LogP contribution in [0.15, 0.2) is 46.2 Å². The van der Waals surface area contributed by atoms with Crippen LogP contribution in [0.4, 0.5) is 5.69 Å². The number of anilines is 1. The molecular weight excluding hydrogens is 378 g/mol. The van der Waals surface area contributed by atoms with Crippen LogP contribution in [0, 0.1) is 22.0 Å². The molecule has 0 fully saturated rings. The molecule has 2 aromatic carbocycles. The molecular formula is C20H19N3O2S2. The summed E-state index contributed by atoms with van der Waals surface area (Å²) in [5, 5.41) is 20.2. The van der Waals surface area contributed by atoms with E-state index in [1.165, 1.54) is 28.6 Å². The van der Waals surface area contributed by atoms with Crippen LogP contribution in [0.2, 0.25) is 0 Å². The molecule has 0 saturated carbocycles. The van der Waals surface area contributed by atoms with Gasteiger partial charge in [-0.25, -0.2) is 8.42 Å². The van der Waals surface area contributed by atoms with Crippen molar-refractivity contribution in [1.29, 1.82) is 10.5 Å². The number of thioether (sulfide) groups is 1. The molecule has 0 amide bonds. The van der Waals surface area contributed by atoms with E-state index in [0.29, 0.717) is 24.2 Å². The summed E-state index contributed by atoms with van der Waals surface area (Å²) in [6, 6.07) is 11.8. The minimum atomic E-state index is -3.71. The van der Waals surface area contributed by atoms with Gasteiger partial charge in [-0.1, -0.05) is 20.8 Å². The third-order valence-corrected chi connectivity index (χ3v) is 7.05. The van der Waals surface area contributed by atoms with Crippen molar-refractivity contribution in [2.24, 2.45) is 0 Å². The Balaban J connectivity index is 2.10. The van der Waals surface area contributed by atoms with Gasteiger partial charge in [0, 0.05) is 11.4 Å². The Kier molecular flexibility index (Phi) is 4.94. The van der Waals surface area contributed by atoms with E-state index in [1.54, 1.807) is 0 Å². The Bertz CT molecular complexity index is 1070. The van der Waals surface area contributed by atoms with E-state index in [9.17, 15) is 8.42 Å². The Morgan fingerprint density at radius 1 is 1.11 bits per heavy atom. The molecule has 0 aliphatic carbocycles. The van der Waals surface area contributed by atoms with Crippen LogP contribution >= 0.6 is 11.8 Å². The first-order valence-electron chi connectivity index (χ1n) is 8.44. The van der Waals surface area contributed by atoms with Gasteiger partial charge in [0.1, 0.15) is 5.40 Å². The van der Waals surface area contributed by atoms with Crippen LogP contribution in [0.5, 0.6) is 0 Å². The minimum Gasteiger partial charge on any atom is -0.266 e. The molecule has 27 heavy (non-hydrogen) atoms. The fourth-order valence-corrected chi connectivity index (χ4v) is 5.45. The van der Waals surface area contributed by atoms with Gasteiger partial charge in [0.25, 0.3) is 10.0 Å². The minimum absolute atomic E-state index is 0.169. The smallest absolute Gasteiger partial charge is 0.264 e. The summed E-state index contributed by atoms with van der Waals surface area (Å²) in [5.74, 6) is 0. The van der Waals surface area contributed by atoms with E-state index < -0.39 is 10.0 Å². The Hall–Kier alpha value is -2.48. The Morgan fingerprint density at radius 2 is 1.78 bits per heavy atom. The molecule has 0 unspecified atom stereocenters. The lowest BCUT2D eigenvalue weighted by Gasteiger charge is -2.25. The monoisotopic (exact) mass is 397 g/mol. The molecule has 1 aliphatic rings. The van der Waals surface area contributed by atoms with Gasteiger partial charge in [-0.2, -0.15) is 10.5 Å². The second-order valence-corrected chi connectivity index (χ2v) is 10.1. The Morgan fingerprint density at radius 3 is 2.33 bits per heavy atom. The molecule has 0 N–H and O–H groups in total. The van der Waals surface area contributed by atoms with Crippen LogP contribution in [-0.4, -0.2) is 15.0 Å². The molecule has 0 atom stereocenters. The second kappa shape index (κ2) is 6.92. The molecule has 0 aromatic heterocycles. The number of benzene rings is 2. The zero-order chi connectivity index (χ0) is 19.8. The third-order valence-electron chi connectivity index (χ3n) is 4.57. The summed E-state index contributed by atoms with van der Waals surface area (Å²) in [5.41, 5.74) is 2.75.